The van der Waals surface area contributed by atoms with Gasteiger partial charge in [-0.05, 0) is 42.3 Å². The fourth-order valence-corrected chi connectivity index (χ4v) is 3.46. The number of benzene rings is 3. The number of carbonyl (C=O) groups is 1. The van der Waals surface area contributed by atoms with Crippen LogP contribution in [-0.4, -0.2) is 30.7 Å². The van der Waals surface area contributed by atoms with Crippen molar-refractivity contribution in [3.8, 4) is 17.2 Å². The van der Waals surface area contributed by atoms with Crippen molar-refractivity contribution in [1.29, 1.82) is 0 Å². The lowest BCUT2D eigenvalue weighted by Crippen LogP contribution is -2.38. The summed E-state index contributed by atoms with van der Waals surface area (Å²) in [6.07, 6.45) is 0. The first-order chi connectivity index (χ1) is 15.1. The van der Waals surface area contributed by atoms with Crippen LogP contribution < -0.4 is 19.5 Å². The van der Waals surface area contributed by atoms with Gasteiger partial charge in [0.1, 0.15) is 18.4 Å². The number of rotatable bonds is 8. The van der Waals surface area contributed by atoms with Gasteiger partial charge in [0.25, 0.3) is 0 Å². The van der Waals surface area contributed by atoms with Crippen LogP contribution in [0, 0.1) is 0 Å². The lowest BCUT2D eigenvalue weighted by molar-refractivity contribution is -0.130. The van der Waals surface area contributed by atoms with E-state index in [0.717, 1.165) is 22.6 Å². The van der Waals surface area contributed by atoms with Crippen molar-refractivity contribution >= 4 is 11.6 Å². The summed E-state index contributed by atoms with van der Waals surface area (Å²) in [6.45, 7) is 3.10. The summed E-state index contributed by atoms with van der Waals surface area (Å²) in [7, 11) is 1.82. The molecule has 0 bridgehead atoms. The van der Waals surface area contributed by atoms with E-state index in [4.69, 9.17) is 14.2 Å². The lowest BCUT2D eigenvalue weighted by atomic mass is 10.1. The van der Waals surface area contributed by atoms with Crippen LogP contribution in [0.15, 0.2) is 72.8 Å². The van der Waals surface area contributed by atoms with E-state index in [2.05, 4.69) is 5.32 Å². The summed E-state index contributed by atoms with van der Waals surface area (Å²) < 4.78 is 16.6. The molecule has 1 aliphatic heterocycles. The van der Waals surface area contributed by atoms with Crippen molar-refractivity contribution < 1.29 is 19.0 Å². The molecule has 1 atom stereocenters. The van der Waals surface area contributed by atoms with Crippen LogP contribution in [0.1, 0.15) is 18.1 Å². The molecule has 0 radical (unpaired) electrons. The number of ether oxygens (including phenoxy) is 3. The molecule has 0 spiro atoms. The molecule has 1 amide bonds. The Labute approximate surface area is 182 Å². The fourth-order valence-electron chi connectivity index (χ4n) is 3.46. The Hall–Kier alpha value is -3.67. The molecule has 160 valence electrons. The van der Waals surface area contributed by atoms with E-state index < -0.39 is 0 Å². The average molecular weight is 418 g/mol. The minimum atomic E-state index is -0.348. The van der Waals surface area contributed by atoms with Gasteiger partial charge in [0.05, 0.1) is 0 Å². The molecular weight excluding hydrogens is 392 g/mol. The predicted octanol–water partition coefficient (Wildman–Crippen LogP) is 4.45. The molecule has 31 heavy (non-hydrogen) atoms. The molecule has 0 saturated carbocycles. The normalized spacial score (nSPS) is 12.8. The molecule has 3 aromatic carbocycles. The molecular formula is C25H26N2O4. The molecule has 6 heteroatoms. The lowest BCUT2D eigenvalue weighted by Gasteiger charge is -2.23. The van der Waals surface area contributed by atoms with Crippen LogP contribution in [0.4, 0.5) is 5.69 Å². The van der Waals surface area contributed by atoms with Crippen LogP contribution >= 0.6 is 0 Å². The van der Waals surface area contributed by atoms with Crippen molar-refractivity contribution in [1.82, 2.24) is 4.90 Å². The highest BCUT2D eigenvalue weighted by atomic mass is 16.7. The maximum atomic E-state index is 12.8. The first-order valence-electron chi connectivity index (χ1n) is 10.3. The van der Waals surface area contributed by atoms with Crippen molar-refractivity contribution in [3.05, 3.63) is 83.9 Å². The number of nitrogens with one attached hydrogen (secondary N) is 1. The number of amides is 1. The molecule has 6 nitrogen and oxygen atoms in total. The Kier molecular flexibility index (Phi) is 6.26. The van der Waals surface area contributed by atoms with Gasteiger partial charge in [0.15, 0.2) is 11.5 Å². The third-order valence-corrected chi connectivity index (χ3v) is 5.07. The van der Waals surface area contributed by atoms with Gasteiger partial charge in [-0.15, -0.1) is 0 Å². The Bertz CT molecular complexity index is 1040. The van der Waals surface area contributed by atoms with E-state index in [1.165, 1.54) is 0 Å². The zero-order valence-electron chi connectivity index (χ0n) is 17.7. The quantitative estimate of drug-likeness (QED) is 0.586. The molecule has 0 fully saturated rings. The first kappa shape index (κ1) is 20.6. The minimum absolute atomic E-state index is 0.0332. The summed E-state index contributed by atoms with van der Waals surface area (Å²) in [4.78, 5) is 14.5. The molecule has 4 rings (SSSR count). The van der Waals surface area contributed by atoms with E-state index >= 15 is 0 Å². The number of nitrogens with zero attached hydrogens (tertiary/aromatic N) is 1. The molecule has 0 saturated heterocycles. The second-order valence-corrected chi connectivity index (χ2v) is 7.55. The van der Waals surface area contributed by atoms with Gasteiger partial charge in [-0.25, -0.2) is 0 Å². The van der Waals surface area contributed by atoms with Crippen LogP contribution in [0.2, 0.25) is 0 Å². The number of fused-ring (bicyclic) bond motifs is 1. The van der Waals surface area contributed by atoms with E-state index in [1.54, 1.807) is 4.90 Å². The van der Waals surface area contributed by atoms with E-state index in [9.17, 15) is 4.79 Å². The summed E-state index contributed by atoms with van der Waals surface area (Å²) in [5.74, 6) is 2.17. The molecule has 3 aromatic rings. The number of likely N-dealkylation sites (N-methyl/N-ethyl adjacent to an activating group) is 1. The van der Waals surface area contributed by atoms with Crippen molar-refractivity contribution in [2.75, 3.05) is 19.2 Å². The van der Waals surface area contributed by atoms with Gasteiger partial charge in [-0.2, -0.15) is 0 Å². The summed E-state index contributed by atoms with van der Waals surface area (Å²) in [5, 5.41) is 3.30. The van der Waals surface area contributed by atoms with Gasteiger partial charge in [0.2, 0.25) is 12.7 Å². The maximum Gasteiger partial charge on any atom is 0.244 e. The SMILES string of the molecule is CC(Nc1cccc(COc2ccc3c(c2)OCO3)c1)C(=O)N(C)Cc1ccccc1. The number of hydrogen-bond acceptors (Lipinski definition) is 5. The smallest absolute Gasteiger partial charge is 0.244 e. The Morgan fingerprint density at radius 1 is 1.00 bits per heavy atom. The molecule has 1 N–H and O–H groups in total. The number of carbonyl (C=O) groups excluding carboxylic acids is 1. The molecule has 0 aromatic heterocycles. The first-order valence-corrected chi connectivity index (χ1v) is 10.3. The molecule has 1 aliphatic rings. The van der Waals surface area contributed by atoms with Crippen LogP contribution in [-0.2, 0) is 17.9 Å². The van der Waals surface area contributed by atoms with E-state index in [0.29, 0.717) is 24.7 Å². The van der Waals surface area contributed by atoms with Gasteiger partial charge in [-0.3, -0.25) is 4.79 Å². The van der Waals surface area contributed by atoms with Crippen LogP contribution in [0.5, 0.6) is 17.2 Å². The average Bonchev–Trinajstić information content (AvgIpc) is 3.26. The topological polar surface area (TPSA) is 60.0 Å². The Morgan fingerprint density at radius 3 is 2.61 bits per heavy atom. The number of hydrogen-bond donors (Lipinski definition) is 1. The monoisotopic (exact) mass is 418 g/mol. The summed E-state index contributed by atoms with van der Waals surface area (Å²) in [6, 6.07) is 23.0. The van der Waals surface area contributed by atoms with Gasteiger partial charge >= 0.3 is 0 Å². The second-order valence-electron chi connectivity index (χ2n) is 7.55. The predicted molar refractivity (Wildman–Crippen MR) is 119 cm³/mol. The Morgan fingerprint density at radius 2 is 1.77 bits per heavy atom. The van der Waals surface area contributed by atoms with Gasteiger partial charge in [-0.1, -0.05) is 42.5 Å². The third kappa shape index (κ3) is 5.28. The minimum Gasteiger partial charge on any atom is -0.489 e. The summed E-state index contributed by atoms with van der Waals surface area (Å²) >= 11 is 0. The zero-order valence-corrected chi connectivity index (χ0v) is 17.7. The van der Waals surface area contributed by atoms with Gasteiger partial charge < -0.3 is 24.4 Å². The maximum absolute atomic E-state index is 12.8. The highest BCUT2D eigenvalue weighted by molar-refractivity contribution is 5.84. The van der Waals surface area contributed by atoms with Crippen molar-refractivity contribution in [2.45, 2.75) is 26.1 Å². The van der Waals surface area contributed by atoms with Crippen LogP contribution in [0.25, 0.3) is 0 Å². The van der Waals surface area contributed by atoms with Crippen LogP contribution in [0.3, 0.4) is 0 Å². The largest absolute Gasteiger partial charge is 0.489 e. The highest BCUT2D eigenvalue weighted by Gasteiger charge is 2.18. The van der Waals surface area contributed by atoms with Gasteiger partial charge in [0, 0.05) is 25.3 Å². The zero-order chi connectivity index (χ0) is 21.6. The third-order valence-electron chi connectivity index (χ3n) is 5.07. The highest BCUT2D eigenvalue weighted by Crippen LogP contribution is 2.35. The van der Waals surface area contributed by atoms with E-state index in [1.807, 2.05) is 86.8 Å². The molecule has 0 aliphatic carbocycles. The molecule has 1 unspecified atom stereocenters. The van der Waals surface area contributed by atoms with Crippen molar-refractivity contribution in [3.63, 3.8) is 0 Å². The summed E-state index contributed by atoms with van der Waals surface area (Å²) in [5.41, 5.74) is 2.98. The standard InChI is InChI=1S/C25H26N2O4/c1-18(25(28)27(2)15-19-7-4-3-5-8-19)26-21-10-6-9-20(13-21)16-29-22-11-12-23-24(14-22)31-17-30-23/h3-14,18,26H,15-17H2,1-2H3. The fraction of sp³-hybridized carbons (Fsp3) is 0.240. The van der Waals surface area contributed by atoms with E-state index in [-0.39, 0.29) is 18.7 Å². The second kappa shape index (κ2) is 9.43. The van der Waals surface area contributed by atoms with Crippen molar-refractivity contribution in [2.24, 2.45) is 0 Å². The molecule has 1 heterocycles. The Balaban J connectivity index is 1.32. The number of anilines is 1.